The predicted molar refractivity (Wildman–Crippen MR) is 35.9 cm³/mol. The van der Waals surface area contributed by atoms with Crippen molar-refractivity contribution in [3.63, 3.8) is 0 Å². The van der Waals surface area contributed by atoms with E-state index in [1.54, 1.807) is 0 Å². The molecule has 0 aliphatic carbocycles. The Morgan fingerprint density at radius 3 is 3.33 bits per heavy atom. The topological polar surface area (TPSA) is 41.6 Å². The summed E-state index contributed by atoms with van der Waals surface area (Å²) in [7, 11) is -0.246. The molecule has 0 aromatic rings. The van der Waals surface area contributed by atoms with Gasteiger partial charge >= 0.3 is 8.69 Å². The summed E-state index contributed by atoms with van der Waals surface area (Å²) >= 11 is 1.50. The largest absolute Gasteiger partial charge is 0.328 e. The Bertz CT molecular complexity index is 97.8. The van der Waals surface area contributed by atoms with Gasteiger partial charge < -0.3 is 0 Å². The summed E-state index contributed by atoms with van der Waals surface area (Å²) in [4.78, 5) is 0. The van der Waals surface area contributed by atoms with E-state index < -0.39 is 0 Å². The van der Waals surface area contributed by atoms with Gasteiger partial charge in [0.1, 0.15) is 6.73 Å². The van der Waals surface area contributed by atoms with E-state index in [0.29, 0.717) is 6.73 Å². The second-order valence-electron chi connectivity index (χ2n) is 1.52. The summed E-state index contributed by atoms with van der Waals surface area (Å²) in [5.41, 5.74) is 0. The standard InChI is InChI=1S/C3H7N2O2PS/c6-8-7-3-5-2-1-4-9-5/h4H,1-3H2. The van der Waals surface area contributed by atoms with Crippen LogP contribution in [-0.4, -0.2) is 24.1 Å². The summed E-state index contributed by atoms with van der Waals surface area (Å²) in [6, 6.07) is 0. The fourth-order valence-electron chi connectivity index (χ4n) is 0.532. The van der Waals surface area contributed by atoms with Crippen LogP contribution in [0.4, 0.5) is 0 Å². The van der Waals surface area contributed by atoms with Crippen LogP contribution in [0, 0.1) is 0 Å². The third-order valence-electron chi connectivity index (χ3n) is 0.911. The van der Waals surface area contributed by atoms with Gasteiger partial charge in [-0.25, -0.2) is 13.6 Å². The molecule has 0 radical (unpaired) electrons. The highest BCUT2D eigenvalue weighted by Gasteiger charge is 2.10. The third-order valence-corrected chi connectivity index (χ3v) is 2.01. The van der Waals surface area contributed by atoms with E-state index in [4.69, 9.17) is 0 Å². The average Bonchev–Trinajstić information content (AvgIpc) is 2.34. The maximum atomic E-state index is 9.78. The molecule has 4 nitrogen and oxygen atoms in total. The van der Waals surface area contributed by atoms with Gasteiger partial charge in [-0.1, -0.05) is 0 Å². The van der Waals surface area contributed by atoms with Gasteiger partial charge in [-0.05, 0) is 0 Å². The van der Waals surface area contributed by atoms with Gasteiger partial charge in [-0.15, -0.1) is 0 Å². The van der Waals surface area contributed by atoms with Crippen LogP contribution < -0.4 is 4.72 Å². The number of hydrogen-bond donors (Lipinski definition) is 1. The van der Waals surface area contributed by atoms with Crippen LogP contribution in [0.1, 0.15) is 0 Å². The van der Waals surface area contributed by atoms with E-state index in [0.717, 1.165) is 13.1 Å². The van der Waals surface area contributed by atoms with Crippen molar-refractivity contribution in [2.45, 2.75) is 0 Å². The van der Waals surface area contributed by atoms with Crippen molar-refractivity contribution in [2.75, 3.05) is 19.8 Å². The monoisotopic (exact) mass is 166 g/mol. The van der Waals surface area contributed by atoms with Gasteiger partial charge in [0, 0.05) is 25.2 Å². The molecular weight excluding hydrogens is 159 g/mol. The first-order valence-electron chi connectivity index (χ1n) is 2.53. The Balaban J connectivity index is 2.04. The molecule has 0 aromatic heterocycles. The van der Waals surface area contributed by atoms with E-state index >= 15 is 0 Å². The zero-order chi connectivity index (χ0) is 6.53. The Morgan fingerprint density at radius 1 is 1.89 bits per heavy atom. The normalized spacial score (nSPS) is 21.3. The highest BCUT2D eigenvalue weighted by molar-refractivity contribution is 7.95. The van der Waals surface area contributed by atoms with Gasteiger partial charge in [0.2, 0.25) is 0 Å². The first-order valence-corrected chi connectivity index (χ1v) is 4.03. The molecule has 1 aliphatic heterocycles. The molecule has 0 saturated carbocycles. The molecule has 1 saturated heterocycles. The number of rotatable bonds is 3. The molecule has 1 aliphatic rings. The summed E-state index contributed by atoms with van der Waals surface area (Å²) in [6.07, 6.45) is 0. The quantitative estimate of drug-likeness (QED) is 0.492. The van der Waals surface area contributed by atoms with E-state index in [1.807, 2.05) is 4.31 Å². The zero-order valence-electron chi connectivity index (χ0n) is 4.74. The third kappa shape index (κ3) is 2.60. The molecular formula is C3H7N2O2PS. The molecule has 0 bridgehead atoms. The number of nitrogens with zero attached hydrogens (tertiary/aromatic N) is 1. The molecule has 52 valence electrons. The second-order valence-corrected chi connectivity index (χ2v) is 2.92. The molecule has 1 rings (SSSR count). The second kappa shape index (κ2) is 4.19. The van der Waals surface area contributed by atoms with Crippen LogP contribution in [0.15, 0.2) is 0 Å². The predicted octanol–water partition coefficient (Wildman–Crippen LogP) is 0.636. The minimum atomic E-state index is -0.246. The van der Waals surface area contributed by atoms with Crippen molar-refractivity contribution in [1.82, 2.24) is 9.03 Å². The van der Waals surface area contributed by atoms with Gasteiger partial charge in [0.15, 0.2) is 0 Å². The molecule has 0 aromatic carbocycles. The van der Waals surface area contributed by atoms with Crippen LogP contribution in [0.2, 0.25) is 0 Å². The summed E-state index contributed by atoms with van der Waals surface area (Å²) < 4.78 is 19.4. The van der Waals surface area contributed by atoms with Crippen molar-refractivity contribution in [3.05, 3.63) is 0 Å². The first-order chi connectivity index (χ1) is 4.43. The zero-order valence-corrected chi connectivity index (χ0v) is 6.45. The number of nitrogens with one attached hydrogen (secondary N) is 1. The Kier molecular flexibility index (Phi) is 3.47. The highest BCUT2D eigenvalue weighted by Crippen LogP contribution is 2.11. The van der Waals surface area contributed by atoms with Crippen LogP contribution >= 0.6 is 20.8 Å². The maximum absolute atomic E-state index is 9.78. The lowest BCUT2D eigenvalue weighted by Gasteiger charge is -2.06. The molecule has 0 spiro atoms. The molecule has 0 amide bonds. The van der Waals surface area contributed by atoms with Crippen molar-refractivity contribution >= 4 is 20.8 Å². The van der Waals surface area contributed by atoms with Gasteiger partial charge in [0.25, 0.3) is 0 Å². The summed E-state index contributed by atoms with van der Waals surface area (Å²) in [6.45, 7) is 2.33. The molecule has 1 heterocycles. The van der Waals surface area contributed by atoms with Crippen LogP contribution in [0.3, 0.4) is 0 Å². The van der Waals surface area contributed by atoms with Crippen molar-refractivity contribution in [1.29, 1.82) is 0 Å². The smallest absolute Gasteiger partial charge is 0.278 e. The Labute approximate surface area is 59.5 Å². The molecule has 6 heteroatoms. The molecule has 9 heavy (non-hydrogen) atoms. The van der Waals surface area contributed by atoms with E-state index in [-0.39, 0.29) is 8.69 Å². The van der Waals surface area contributed by atoms with Crippen molar-refractivity contribution in [3.8, 4) is 0 Å². The Hall–Kier alpha value is 0.330. The molecule has 1 fully saturated rings. The lowest BCUT2D eigenvalue weighted by atomic mass is 10.7. The van der Waals surface area contributed by atoms with E-state index in [1.165, 1.54) is 12.1 Å². The first kappa shape index (κ1) is 7.44. The van der Waals surface area contributed by atoms with E-state index in [9.17, 15) is 4.57 Å². The highest BCUT2D eigenvalue weighted by atomic mass is 32.2. The fourth-order valence-corrected chi connectivity index (χ4v) is 1.45. The van der Waals surface area contributed by atoms with Crippen LogP contribution in [0.5, 0.6) is 0 Å². The molecule has 0 atom stereocenters. The fraction of sp³-hybridized carbons (Fsp3) is 1.00. The molecule has 1 N–H and O–H groups in total. The summed E-state index contributed by atoms with van der Waals surface area (Å²) in [5.74, 6) is 0. The molecule has 0 unspecified atom stereocenters. The Morgan fingerprint density at radius 2 is 2.78 bits per heavy atom. The lowest BCUT2D eigenvalue weighted by Crippen LogP contribution is -2.13. The van der Waals surface area contributed by atoms with Gasteiger partial charge in [0.05, 0.1) is 0 Å². The lowest BCUT2D eigenvalue weighted by molar-refractivity contribution is 0.240. The van der Waals surface area contributed by atoms with Gasteiger partial charge in [-0.3, -0.25) is 4.52 Å². The van der Waals surface area contributed by atoms with E-state index in [2.05, 4.69) is 9.25 Å². The maximum Gasteiger partial charge on any atom is 0.328 e. The average molecular weight is 166 g/mol. The summed E-state index contributed by atoms with van der Waals surface area (Å²) in [5, 5.41) is 0. The SMILES string of the molecule is O=POCN1CCNS1. The van der Waals surface area contributed by atoms with Crippen molar-refractivity contribution < 1.29 is 9.09 Å². The number of hydrogen-bond acceptors (Lipinski definition) is 5. The van der Waals surface area contributed by atoms with Crippen molar-refractivity contribution in [2.24, 2.45) is 0 Å². The van der Waals surface area contributed by atoms with Crippen LogP contribution in [-0.2, 0) is 9.09 Å². The minimum Gasteiger partial charge on any atom is -0.278 e. The van der Waals surface area contributed by atoms with Crippen LogP contribution in [0.25, 0.3) is 0 Å². The van der Waals surface area contributed by atoms with Gasteiger partial charge in [-0.2, -0.15) is 0 Å². The minimum absolute atomic E-state index is 0.246.